The fourth-order valence-electron chi connectivity index (χ4n) is 4.42. The Hall–Kier alpha value is -4.33. The fraction of sp³-hybridized carbons (Fsp3) is 0.276. The van der Waals surface area contributed by atoms with Gasteiger partial charge in [0.15, 0.2) is 11.5 Å². The minimum atomic E-state index is -0.927. The van der Waals surface area contributed by atoms with Crippen LogP contribution in [0.5, 0.6) is 17.2 Å². The van der Waals surface area contributed by atoms with Crippen molar-refractivity contribution in [3.8, 4) is 17.2 Å². The molecule has 0 aromatic heterocycles. The molecule has 0 spiro atoms. The van der Waals surface area contributed by atoms with Crippen LogP contribution in [0, 0.1) is 0 Å². The maximum atomic E-state index is 13.8. The van der Waals surface area contributed by atoms with E-state index in [4.69, 9.17) is 14.2 Å². The number of nitrogens with zero attached hydrogens (tertiary/aromatic N) is 2. The Bertz CT molecular complexity index is 1260. The molecule has 0 saturated carbocycles. The Balaban J connectivity index is 1.64. The Morgan fingerprint density at radius 2 is 1.65 bits per heavy atom. The minimum Gasteiger partial charge on any atom is -0.494 e. The largest absolute Gasteiger partial charge is 0.494 e. The average molecular weight is 503 g/mol. The summed E-state index contributed by atoms with van der Waals surface area (Å²) in [7, 11) is 3.01. The van der Waals surface area contributed by atoms with Gasteiger partial charge in [0.25, 0.3) is 11.8 Å². The highest BCUT2D eigenvalue weighted by molar-refractivity contribution is 6.23. The van der Waals surface area contributed by atoms with Crippen molar-refractivity contribution >= 4 is 23.4 Å². The molecule has 0 radical (unpaired) electrons. The summed E-state index contributed by atoms with van der Waals surface area (Å²) in [5.74, 6) is 0.386. The van der Waals surface area contributed by atoms with Gasteiger partial charge in [-0.2, -0.15) is 0 Å². The second kappa shape index (κ2) is 11.6. The lowest BCUT2D eigenvalue weighted by Crippen LogP contribution is -2.46. The van der Waals surface area contributed by atoms with Gasteiger partial charge in [-0.1, -0.05) is 30.3 Å². The van der Waals surface area contributed by atoms with E-state index in [2.05, 4.69) is 0 Å². The van der Waals surface area contributed by atoms with Crippen LogP contribution in [0.15, 0.2) is 72.8 Å². The summed E-state index contributed by atoms with van der Waals surface area (Å²) < 4.78 is 16.1. The molecule has 1 unspecified atom stereocenters. The maximum absolute atomic E-state index is 13.8. The van der Waals surface area contributed by atoms with Crippen molar-refractivity contribution in [2.24, 2.45) is 0 Å². The van der Waals surface area contributed by atoms with E-state index in [1.807, 2.05) is 37.3 Å². The number of hydrogen-bond donors (Lipinski definition) is 0. The molecule has 0 aliphatic carbocycles. The van der Waals surface area contributed by atoms with Crippen LogP contribution in [0.4, 0.5) is 5.69 Å². The number of hydrogen-bond acceptors (Lipinski definition) is 6. The number of carbonyl (C=O) groups is 3. The van der Waals surface area contributed by atoms with Crippen LogP contribution in [-0.2, 0) is 16.0 Å². The highest BCUT2D eigenvalue weighted by Gasteiger charge is 2.44. The number of ether oxygens (including phenoxy) is 3. The summed E-state index contributed by atoms with van der Waals surface area (Å²) in [6.45, 7) is 2.65. The third-order valence-electron chi connectivity index (χ3n) is 6.28. The Morgan fingerprint density at radius 3 is 2.30 bits per heavy atom. The van der Waals surface area contributed by atoms with Crippen molar-refractivity contribution < 1.29 is 28.6 Å². The van der Waals surface area contributed by atoms with E-state index in [1.165, 1.54) is 19.1 Å². The van der Waals surface area contributed by atoms with Gasteiger partial charge in [0, 0.05) is 12.1 Å². The van der Waals surface area contributed by atoms with Crippen molar-refractivity contribution in [3.63, 3.8) is 0 Å². The van der Waals surface area contributed by atoms with E-state index in [1.54, 1.807) is 42.5 Å². The Labute approximate surface area is 216 Å². The molecular weight excluding hydrogens is 472 g/mol. The van der Waals surface area contributed by atoms with Crippen LogP contribution >= 0.6 is 0 Å². The molecule has 37 heavy (non-hydrogen) atoms. The van der Waals surface area contributed by atoms with E-state index >= 15 is 0 Å². The zero-order chi connectivity index (χ0) is 26.4. The van der Waals surface area contributed by atoms with E-state index in [0.29, 0.717) is 41.5 Å². The number of carbonyl (C=O) groups excluding carboxylic acids is 3. The second-order valence-corrected chi connectivity index (χ2v) is 8.52. The highest BCUT2D eigenvalue weighted by Crippen LogP contribution is 2.31. The van der Waals surface area contributed by atoms with Gasteiger partial charge in [-0.05, 0) is 61.4 Å². The summed E-state index contributed by atoms with van der Waals surface area (Å²) in [6.07, 6.45) is 0.431. The number of methoxy groups -OCH3 is 2. The van der Waals surface area contributed by atoms with Gasteiger partial charge >= 0.3 is 0 Å². The number of benzene rings is 3. The summed E-state index contributed by atoms with van der Waals surface area (Å²) in [5.41, 5.74) is 1.81. The number of rotatable bonds is 10. The lowest BCUT2D eigenvalue weighted by molar-refractivity contribution is -0.122. The molecule has 1 saturated heterocycles. The van der Waals surface area contributed by atoms with Crippen LogP contribution in [-0.4, -0.2) is 56.0 Å². The monoisotopic (exact) mass is 502 g/mol. The first-order valence-electron chi connectivity index (χ1n) is 12.1. The molecule has 1 heterocycles. The predicted molar refractivity (Wildman–Crippen MR) is 139 cm³/mol. The molecule has 3 aromatic rings. The molecule has 0 bridgehead atoms. The lowest BCUT2D eigenvalue weighted by Gasteiger charge is -2.28. The normalized spacial score (nSPS) is 15.0. The smallest absolute Gasteiger partial charge is 0.257 e. The molecular formula is C29H30N2O6. The molecule has 1 fully saturated rings. The second-order valence-electron chi connectivity index (χ2n) is 8.52. The predicted octanol–water partition coefficient (Wildman–Crippen LogP) is 4.12. The van der Waals surface area contributed by atoms with E-state index in [-0.39, 0.29) is 24.8 Å². The van der Waals surface area contributed by atoms with Gasteiger partial charge in [0.2, 0.25) is 5.91 Å². The van der Waals surface area contributed by atoms with E-state index in [9.17, 15) is 14.4 Å². The molecule has 192 valence electrons. The van der Waals surface area contributed by atoms with Crippen molar-refractivity contribution in [2.45, 2.75) is 25.8 Å². The Kier molecular flexibility index (Phi) is 8.08. The van der Waals surface area contributed by atoms with Crippen LogP contribution in [0.3, 0.4) is 0 Å². The van der Waals surface area contributed by atoms with Crippen LogP contribution in [0.2, 0.25) is 0 Å². The molecule has 8 heteroatoms. The molecule has 4 rings (SSSR count). The molecule has 1 aliphatic heterocycles. The molecule has 0 N–H and O–H groups in total. The van der Waals surface area contributed by atoms with Crippen molar-refractivity contribution in [2.75, 3.05) is 32.3 Å². The standard InChI is InChI=1S/C29H30N2O6/c1-4-37-23-13-11-22(12-14-23)31-27(32)19-24(29(31)34)30(17-16-20-8-6-5-7-9-20)28(33)21-10-15-25(35-2)26(18-21)36-3/h5-15,18,24H,4,16-17,19H2,1-3H3. The first kappa shape index (κ1) is 25.8. The molecule has 1 atom stereocenters. The van der Waals surface area contributed by atoms with Gasteiger partial charge in [-0.25, -0.2) is 4.90 Å². The molecule has 8 nitrogen and oxygen atoms in total. The summed E-state index contributed by atoms with van der Waals surface area (Å²) in [6, 6.07) is 20.4. The van der Waals surface area contributed by atoms with Gasteiger partial charge in [0.1, 0.15) is 11.8 Å². The van der Waals surface area contributed by atoms with Crippen LogP contribution < -0.4 is 19.1 Å². The quantitative estimate of drug-likeness (QED) is 0.388. The van der Waals surface area contributed by atoms with Crippen molar-refractivity contribution in [3.05, 3.63) is 83.9 Å². The van der Waals surface area contributed by atoms with E-state index in [0.717, 1.165) is 10.5 Å². The van der Waals surface area contributed by atoms with Crippen molar-refractivity contribution in [1.29, 1.82) is 0 Å². The SMILES string of the molecule is CCOc1ccc(N2C(=O)CC(N(CCc3ccccc3)C(=O)c3ccc(OC)c(OC)c3)C2=O)cc1. The lowest BCUT2D eigenvalue weighted by atomic mass is 10.1. The van der Waals surface area contributed by atoms with Gasteiger partial charge in [-0.3, -0.25) is 14.4 Å². The minimum absolute atomic E-state index is 0.0974. The zero-order valence-corrected chi connectivity index (χ0v) is 21.2. The average Bonchev–Trinajstić information content (AvgIpc) is 3.22. The number of imide groups is 1. The molecule has 3 amide bonds. The zero-order valence-electron chi connectivity index (χ0n) is 21.2. The first-order chi connectivity index (χ1) is 18.0. The third kappa shape index (κ3) is 5.58. The maximum Gasteiger partial charge on any atom is 0.257 e. The van der Waals surface area contributed by atoms with Gasteiger partial charge in [-0.15, -0.1) is 0 Å². The summed E-state index contributed by atoms with van der Waals surface area (Å²) in [4.78, 5) is 43.0. The third-order valence-corrected chi connectivity index (χ3v) is 6.28. The van der Waals surface area contributed by atoms with Gasteiger partial charge in [0.05, 0.1) is 32.9 Å². The topological polar surface area (TPSA) is 85.4 Å². The summed E-state index contributed by atoms with van der Waals surface area (Å²) >= 11 is 0. The fourth-order valence-corrected chi connectivity index (χ4v) is 4.42. The first-order valence-corrected chi connectivity index (χ1v) is 12.1. The van der Waals surface area contributed by atoms with Gasteiger partial charge < -0.3 is 19.1 Å². The van der Waals surface area contributed by atoms with Crippen LogP contribution in [0.25, 0.3) is 0 Å². The Morgan fingerprint density at radius 1 is 0.946 bits per heavy atom. The van der Waals surface area contributed by atoms with Crippen molar-refractivity contribution in [1.82, 2.24) is 4.90 Å². The summed E-state index contributed by atoms with van der Waals surface area (Å²) in [5, 5.41) is 0. The molecule has 3 aromatic carbocycles. The highest BCUT2D eigenvalue weighted by atomic mass is 16.5. The van der Waals surface area contributed by atoms with Crippen LogP contribution in [0.1, 0.15) is 29.3 Å². The number of anilines is 1. The van der Waals surface area contributed by atoms with E-state index < -0.39 is 11.9 Å². The molecule has 1 aliphatic rings. The number of amides is 3.